The Morgan fingerprint density at radius 1 is 1.50 bits per heavy atom. The summed E-state index contributed by atoms with van der Waals surface area (Å²) in [5.74, 6) is 0.636. The van der Waals surface area contributed by atoms with Gasteiger partial charge in [0, 0.05) is 10.6 Å². The predicted molar refractivity (Wildman–Crippen MR) is 76.1 cm³/mol. The maximum absolute atomic E-state index is 12.1. The van der Waals surface area contributed by atoms with E-state index in [4.69, 9.17) is 0 Å². The van der Waals surface area contributed by atoms with Crippen LogP contribution in [0.2, 0.25) is 0 Å². The monoisotopic (exact) mass is 356 g/mol. The van der Waals surface area contributed by atoms with E-state index < -0.39 is 0 Å². The number of benzene rings is 1. The molecule has 0 bridgehead atoms. The van der Waals surface area contributed by atoms with Crippen LogP contribution in [0.1, 0.15) is 21.7 Å². The summed E-state index contributed by atoms with van der Waals surface area (Å²) in [6.07, 6.45) is 1.61. The summed E-state index contributed by atoms with van der Waals surface area (Å²) in [6.45, 7) is 2.36. The number of aryl methyl sites for hydroxylation is 2. The molecule has 1 amide bonds. The van der Waals surface area contributed by atoms with E-state index in [0.29, 0.717) is 12.1 Å². The van der Waals surface area contributed by atoms with Crippen molar-refractivity contribution in [1.82, 2.24) is 20.1 Å². The van der Waals surface area contributed by atoms with E-state index in [1.165, 1.54) is 0 Å². The fraction of sp³-hybridized carbons (Fsp3) is 0.250. The molecule has 0 aliphatic heterocycles. The molecule has 0 radical (unpaired) electrons. The molecule has 5 nitrogen and oxygen atoms in total. The van der Waals surface area contributed by atoms with E-state index in [9.17, 15) is 4.79 Å². The molecule has 0 spiro atoms. The van der Waals surface area contributed by atoms with Crippen LogP contribution in [0, 0.1) is 10.5 Å². The Labute approximate surface area is 119 Å². The third kappa shape index (κ3) is 2.69. The number of amides is 1. The summed E-state index contributed by atoms with van der Waals surface area (Å²) >= 11 is 2.19. The smallest absolute Gasteiger partial charge is 0.252 e. The summed E-state index contributed by atoms with van der Waals surface area (Å²) in [6, 6.07) is 5.69. The Hall–Kier alpha value is -1.44. The van der Waals surface area contributed by atoms with Crippen molar-refractivity contribution in [2.45, 2.75) is 13.5 Å². The van der Waals surface area contributed by atoms with Crippen LogP contribution in [0.3, 0.4) is 0 Å². The molecule has 6 heteroatoms. The molecule has 0 aliphatic carbocycles. The highest BCUT2D eigenvalue weighted by molar-refractivity contribution is 14.1. The van der Waals surface area contributed by atoms with Crippen LogP contribution in [0.25, 0.3) is 0 Å². The molecule has 0 aliphatic rings. The normalized spacial score (nSPS) is 10.4. The van der Waals surface area contributed by atoms with Crippen LogP contribution in [-0.4, -0.2) is 20.7 Å². The second-order valence-electron chi connectivity index (χ2n) is 3.98. The van der Waals surface area contributed by atoms with Crippen molar-refractivity contribution in [2.24, 2.45) is 7.05 Å². The summed E-state index contributed by atoms with van der Waals surface area (Å²) in [5, 5.41) is 10.5. The van der Waals surface area contributed by atoms with E-state index in [0.717, 1.165) is 15.0 Å². The van der Waals surface area contributed by atoms with E-state index in [1.54, 1.807) is 10.9 Å². The SMILES string of the molecule is Cc1cccc(C(=O)NCc2nncn2C)c1I. The van der Waals surface area contributed by atoms with Gasteiger partial charge in [0.05, 0.1) is 12.1 Å². The van der Waals surface area contributed by atoms with E-state index in [1.807, 2.05) is 32.2 Å². The van der Waals surface area contributed by atoms with Crippen molar-refractivity contribution in [1.29, 1.82) is 0 Å². The van der Waals surface area contributed by atoms with Crippen molar-refractivity contribution in [2.75, 3.05) is 0 Å². The van der Waals surface area contributed by atoms with Crippen molar-refractivity contribution >= 4 is 28.5 Å². The second kappa shape index (κ2) is 5.47. The average Bonchev–Trinajstić information content (AvgIpc) is 2.75. The van der Waals surface area contributed by atoms with E-state index in [-0.39, 0.29) is 5.91 Å². The van der Waals surface area contributed by atoms with Gasteiger partial charge in [0.25, 0.3) is 5.91 Å². The van der Waals surface area contributed by atoms with Crippen molar-refractivity contribution in [3.05, 3.63) is 45.0 Å². The summed E-state index contributed by atoms with van der Waals surface area (Å²) in [7, 11) is 1.85. The highest BCUT2D eigenvalue weighted by atomic mass is 127. The first-order valence-corrected chi connectivity index (χ1v) is 6.53. The first kappa shape index (κ1) is 13.0. The van der Waals surface area contributed by atoms with E-state index >= 15 is 0 Å². The highest BCUT2D eigenvalue weighted by Gasteiger charge is 2.11. The van der Waals surface area contributed by atoms with Gasteiger partial charge in [-0.25, -0.2) is 0 Å². The largest absolute Gasteiger partial charge is 0.345 e. The molecule has 0 saturated carbocycles. The predicted octanol–water partition coefficient (Wildman–Crippen LogP) is 1.66. The lowest BCUT2D eigenvalue weighted by molar-refractivity contribution is 0.0948. The van der Waals surface area contributed by atoms with E-state index in [2.05, 4.69) is 38.1 Å². The number of nitrogens with one attached hydrogen (secondary N) is 1. The minimum Gasteiger partial charge on any atom is -0.345 e. The first-order valence-electron chi connectivity index (χ1n) is 5.46. The molecule has 2 rings (SSSR count). The quantitative estimate of drug-likeness (QED) is 0.851. The molecule has 0 saturated heterocycles. The molecular formula is C12H13IN4O. The van der Waals surface area contributed by atoms with Crippen LogP contribution in [0.5, 0.6) is 0 Å². The fourth-order valence-electron chi connectivity index (χ4n) is 1.54. The van der Waals surface area contributed by atoms with Crippen LogP contribution >= 0.6 is 22.6 Å². The van der Waals surface area contributed by atoms with Crippen LogP contribution in [0.15, 0.2) is 24.5 Å². The Bertz CT molecular complexity index is 579. The number of nitrogens with zero attached hydrogens (tertiary/aromatic N) is 3. The van der Waals surface area contributed by atoms with Gasteiger partial charge in [-0.15, -0.1) is 10.2 Å². The van der Waals surface area contributed by atoms with Gasteiger partial charge in [-0.1, -0.05) is 12.1 Å². The summed E-state index contributed by atoms with van der Waals surface area (Å²) < 4.78 is 2.76. The lowest BCUT2D eigenvalue weighted by atomic mass is 10.1. The average molecular weight is 356 g/mol. The molecular weight excluding hydrogens is 343 g/mol. The van der Waals surface area contributed by atoms with Crippen LogP contribution in [-0.2, 0) is 13.6 Å². The minimum atomic E-state index is -0.0916. The van der Waals surface area contributed by atoms with Gasteiger partial charge >= 0.3 is 0 Å². The number of rotatable bonds is 3. The number of hydrogen-bond acceptors (Lipinski definition) is 3. The Morgan fingerprint density at radius 2 is 2.28 bits per heavy atom. The number of hydrogen-bond donors (Lipinski definition) is 1. The zero-order chi connectivity index (χ0) is 13.1. The van der Waals surface area contributed by atoms with Gasteiger partial charge in [-0.05, 0) is 41.1 Å². The Morgan fingerprint density at radius 3 is 2.94 bits per heavy atom. The third-order valence-electron chi connectivity index (χ3n) is 2.65. The van der Waals surface area contributed by atoms with Crippen molar-refractivity contribution < 1.29 is 4.79 Å². The van der Waals surface area contributed by atoms with Gasteiger partial charge in [0.2, 0.25) is 0 Å². The molecule has 2 aromatic rings. The standard InChI is InChI=1S/C12H13IN4O/c1-8-4-3-5-9(11(8)13)12(18)14-6-10-16-15-7-17(10)2/h3-5,7H,6H2,1-2H3,(H,14,18). The summed E-state index contributed by atoms with van der Waals surface area (Å²) in [4.78, 5) is 12.1. The van der Waals surface area contributed by atoms with Crippen LogP contribution < -0.4 is 5.32 Å². The molecule has 1 aromatic heterocycles. The summed E-state index contributed by atoms with van der Waals surface area (Å²) in [5.41, 5.74) is 1.79. The number of halogens is 1. The molecule has 0 atom stereocenters. The number of carbonyl (C=O) groups is 1. The molecule has 0 fully saturated rings. The Balaban J connectivity index is 2.09. The number of carbonyl (C=O) groups excluding carboxylic acids is 1. The number of aromatic nitrogens is 3. The maximum Gasteiger partial charge on any atom is 0.252 e. The minimum absolute atomic E-state index is 0.0916. The molecule has 0 unspecified atom stereocenters. The zero-order valence-electron chi connectivity index (χ0n) is 10.1. The molecule has 1 aromatic carbocycles. The lowest BCUT2D eigenvalue weighted by Crippen LogP contribution is -2.25. The molecule has 1 heterocycles. The maximum atomic E-state index is 12.1. The first-order chi connectivity index (χ1) is 8.59. The third-order valence-corrected chi connectivity index (χ3v) is 4.08. The van der Waals surface area contributed by atoms with Gasteiger partial charge < -0.3 is 9.88 Å². The Kier molecular flexibility index (Phi) is 3.95. The molecule has 94 valence electrons. The van der Waals surface area contributed by atoms with Crippen molar-refractivity contribution in [3.8, 4) is 0 Å². The highest BCUT2D eigenvalue weighted by Crippen LogP contribution is 2.16. The van der Waals surface area contributed by atoms with Gasteiger partial charge in [-0.2, -0.15) is 0 Å². The zero-order valence-corrected chi connectivity index (χ0v) is 12.3. The van der Waals surface area contributed by atoms with Crippen molar-refractivity contribution in [3.63, 3.8) is 0 Å². The van der Waals surface area contributed by atoms with Crippen LogP contribution in [0.4, 0.5) is 0 Å². The molecule has 18 heavy (non-hydrogen) atoms. The topological polar surface area (TPSA) is 59.8 Å². The fourth-order valence-corrected chi connectivity index (χ4v) is 2.15. The van der Waals surface area contributed by atoms with Gasteiger partial charge in [0.1, 0.15) is 6.33 Å². The second-order valence-corrected chi connectivity index (χ2v) is 5.06. The van der Waals surface area contributed by atoms with Gasteiger partial charge in [-0.3, -0.25) is 4.79 Å². The lowest BCUT2D eigenvalue weighted by Gasteiger charge is -2.08. The van der Waals surface area contributed by atoms with Gasteiger partial charge in [0.15, 0.2) is 5.82 Å². The molecule has 1 N–H and O–H groups in total.